The van der Waals surface area contributed by atoms with Crippen LogP contribution in [-0.4, -0.2) is 74.2 Å². The lowest BCUT2D eigenvalue weighted by molar-refractivity contribution is -0.138. The van der Waals surface area contributed by atoms with E-state index in [1.807, 2.05) is 0 Å². The topological polar surface area (TPSA) is 59.1 Å². The Labute approximate surface area is 144 Å². The van der Waals surface area contributed by atoms with E-state index in [0.29, 0.717) is 26.2 Å². The number of ether oxygens (including phenoxy) is 2. The van der Waals surface area contributed by atoms with Crippen molar-refractivity contribution < 1.29 is 19.1 Å². The first-order valence-electron chi connectivity index (χ1n) is 7.75. The van der Waals surface area contributed by atoms with E-state index in [4.69, 9.17) is 9.47 Å². The smallest absolute Gasteiger partial charge is 0.249 e. The van der Waals surface area contributed by atoms with Gasteiger partial charge < -0.3 is 19.3 Å². The van der Waals surface area contributed by atoms with Gasteiger partial charge in [0.1, 0.15) is 13.2 Å². The SMILES string of the molecule is C=CCN(CC=C)C(=O)COCCOCC(=O)N(CC=C)CC=C. The molecule has 0 N–H and O–H groups in total. The zero-order valence-electron chi connectivity index (χ0n) is 14.3. The summed E-state index contributed by atoms with van der Waals surface area (Å²) in [5.74, 6) is -0.289. The molecule has 0 unspecified atom stereocenters. The van der Waals surface area contributed by atoms with E-state index in [-0.39, 0.29) is 38.2 Å². The first kappa shape index (κ1) is 21.8. The monoisotopic (exact) mass is 336 g/mol. The van der Waals surface area contributed by atoms with Crippen LogP contribution in [0.15, 0.2) is 50.6 Å². The molecule has 134 valence electrons. The summed E-state index contributed by atoms with van der Waals surface area (Å²) in [4.78, 5) is 26.9. The van der Waals surface area contributed by atoms with Crippen molar-refractivity contribution in [2.24, 2.45) is 0 Å². The average molecular weight is 336 g/mol. The van der Waals surface area contributed by atoms with E-state index in [1.165, 1.54) is 0 Å². The van der Waals surface area contributed by atoms with E-state index < -0.39 is 0 Å². The van der Waals surface area contributed by atoms with Gasteiger partial charge in [-0.2, -0.15) is 0 Å². The quantitative estimate of drug-likeness (QED) is 0.335. The largest absolute Gasteiger partial charge is 0.369 e. The van der Waals surface area contributed by atoms with Crippen LogP contribution in [0.3, 0.4) is 0 Å². The highest BCUT2D eigenvalue weighted by molar-refractivity contribution is 5.78. The minimum absolute atomic E-state index is 0.0436. The third-order valence-corrected chi connectivity index (χ3v) is 2.93. The maximum atomic E-state index is 11.9. The van der Waals surface area contributed by atoms with Crippen LogP contribution in [0.25, 0.3) is 0 Å². The molecular weight excluding hydrogens is 308 g/mol. The molecule has 2 amide bonds. The summed E-state index contributed by atoms with van der Waals surface area (Å²) >= 11 is 0. The van der Waals surface area contributed by atoms with Crippen LogP contribution in [0.1, 0.15) is 0 Å². The molecule has 0 bridgehead atoms. The van der Waals surface area contributed by atoms with Gasteiger partial charge in [0.15, 0.2) is 0 Å². The predicted octanol–water partition coefficient (Wildman–Crippen LogP) is 1.42. The molecule has 0 aliphatic rings. The second kappa shape index (κ2) is 14.4. The summed E-state index contributed by atoms with van der Waals surface area (Å²) in [5, 5.41) is 0. The van der Waals surface area contributed by atoms with Crippen molar-refractivity contribution in [1.29, 1.82) is 0 Å². The average Bonchev–Trinajstić information content (AvgIpc) is 2.57. The lowest BCUT2D eigenvalue weighted by Gasteiger charge is -2.20. The Morgan fingerprint density at radius 2 is 0.958 bits per heavy atom. The van der Waals surface area contributed by atoms with Gasteiger partial charge in [-0.1, -0.05) is 24.3 Å². The number of hydrogen-bond donors (Lipinski definition) is 0. The number of amides is 2. The minimum Gasteiger partial charge on any atom is -0.369 e. The van der Waals surface area contributed by atoms with Gasteiger partial charge in [-0.25, -0.2) is 0 Å². The molecule has 0 atom stereocenters. The van der Waals surface area contributed by atoms with Crippen molar-refractivity contribution in [2.45, 2.75) is 0 Å². The Morgan fingerprint density at radius 3 is 1.21 bits per heavy atom. The molecule has 0 heterocycles. The normalized spacial score (nSPS) is 9.83. The van der Waals surface area contributed by atoms with Gasteiger partial charge in [0.2, 0.25) is 11.8 Å². The first-order valence-corrected chi connectivity index (χ1v) is 7.75. The summed E-state index contributed by atoms with van der Waals surface area (Å²) < 4.78 is 10.5. The number of hydrogen-bond acceptors (Lipinski definition) is 4. The third-order valence-electron chi connectivity index (χ3n) is 2.93. The molecule has 0 fully saturated rings. The molecule has 0 saturated carbocycles. The van der Waals surface area contributed by atoms with Crippen LogP contribution >= 0.6 is 0 Å². The first-order chi connectivity index (χ1) is 11.6. The maximum Gasteiger partial charge on any atom is 0.249 e. The van der Waals surface area contributed by atoms with Crippen LogP contribution in [-0.2, 0) is 19.1 Å². The van der Waals surface area contributed by atoms with Crippen molar-refractivity contribution in [1.82, 2.24) is 9.80 Å². The molecule has 0 aromatic carbocycles. The summed E-state index contributed by atoms with van der Waals surface area (Å²) in [7, 11) is 0. The lowest BCUT2D eigenvalue weighted by Crippen LogP contribution is -2.35. The number of nitrogens with zero attached hydrogens (tertiary/aromatic N) is 2. The van der Waals surface area contributed by atoms with E-state index >= 15 is 0 Å². The fraction of sp³-hybridized carbons (Fsp3) is 0.444. The molecule has 0 rings (SSSR count). The molecule has 0 spiro atoms. The number of carbonyl (C=O) groups is 2. The molecule has 0 radical (unpaired) electrons. The molecule has 6 nitrogen and oxygen atoms in total. The Kier molecular flexibility index (Phi) is 13.1. The van der Waals surface area contributed by atoms with E-state index in [0.717, 1.165) is 0 Å². The van der Waals surface area contributed by atoms with Crippen molar-refractivity contribution in [2.75, 3.05) is 52.6 Å². The molecule has 0 aromatic rings. The van der Waals surface area contributed by atoms with Crippen molar-refractivity contribution >= 4 is 11.8 Å². The summed E-state index contributed by atoms with van der Waals surface area (Å²) in [6.45, 7) is 16.6. The Hall–Kier alpha value is -2.18. The second-order valence-electron chi connectivity index (χ2n) is 4.86. The Morgan fingerprint density at radius 1 is 0.667 bits per heavy atom. The molecule has 0 aliphatic heterocycles. The molecule has 0 aliphatic carbocycles. The van der Waals surface area contributed by atoms with Gasteiger partial charge in [-0.3, -0.25) is 9.59 Å². The number of carbonyl (C=O) groups excluding carboxylic acids is 2. The van der Waals surface area contributed by atoms with Gasteiger partial charge in [-0.15, -0.1) is 26.3 Å². The van der Waals surface area contributed by atoms with E-state index in [9.17, 15) is 9.59 Å². The van der Waals surface area contributed by atoms with E-state index in [1.54, 1.807) is 34.1 Å². The number of rotatable bonds is 15. The van der Waals surface area contributed by atoms with Crippen molar-refractivity contribution in [3.05, 3.63) is 50.6 Å². The summed E-state index contributed by atoms with van der Waals surface area (Å²) in [5.41, 5.74) is 0. The van der Waals surface area contributed by atoms with Crippen LogP contribution in [0.2, 0.25) is 0 Å². The standard InChI is InChI=1S/C18H28N2O4/c1-5-9-19(10-6-2)17(21)15-23-13-14-24-16-18(22)20(11-7-3)12-8-4/h5-8H,1-4,9-16H2. The van der Waals surface area contributed by atoms with Gasteiger partial charge in [0, 0.05) is 26.2 Å². The van der Waals surface area contributed by atoms with Crippen LogP contribution in [0.4, 0.5) is 0 Å². The second-order valence-corrected chi connectivity index (χ2v) is 4.86. The Balaban J connectivity index is 3.92. The predicted molar refractivity (Wildman–Crippen MR) is 95.6 cm³/mol. The molecule has 0 saturated heterocycles. The van der Waals surface area contributed by atoms with Crippen LogP contribution in [0.5, 0.6) is 0 Å². The highest BCUT2D eigenvalue weighted by Gasteiger charge is 2.12. The van der Waals surface area contributed by atoms with E-state index in [2.05, 4.69) is 26.3 Å². The summed E-state index contributed by atoms with van der Waals surface area (Å²) in [6.07, 6.45) is 6.59. The van der Waals surface area contributed by atoms with Crippen molar-refractivity contribution in [3.8, 4) is 0 Å². The molecule has 0 aromatic heterocycles. The highest BCUT2D eigenvalue weighted by atomic mass is 16.5. The molecular formula is C18H28N2O4. The van der Waals surface area contributed by atoms with Crippen LogP contribution in [0, 0.1) is 0 Å². The van der Waals surface area contributed by atoms with Crippen LogP contribution < -0.4 is 0 Å². The zero-order valence-corrected chi connectivity index (χ0v) is 14.3. The zero-order chi connectivity index (χ0) is 18.2. The van der Waals surface area contributed by atoms with Gasteiger partial charge >= 0.3 is 0 Å². The maximum absolute atomic E-state index is 11.9. The fourth-order valence-electron chi connectivity index (χ4n) is 1.80. The molecule has 6 heteroatoms. The Bertz CT molecular complexity index is 375. The third kappa shape index (κ3) is 9.76. The van der Waals surface area contributed by atoms with Crippen molar-refractivity contribution in [3.63, 3.8) is 0 Å². The lowest BCUT2D eigenvalue weighted by atomic mass is 10.4. The summed E-state index contributed by atoms with van der Waals surface area (Å²) in [6, 6.07) is 0. The van der Waals surface area contributed by atoms with Gasteiger partial charge in [-0.05, 0) is 0 Å². The highest BCUT2D eigenvalue weighted by Crippen LogP contribution is 1.94. The minimum atomic E-state index is -0.144. The fourth-order valence-corrected chi connectivity index (χ4v) is 1.80. The van der Waals surface area contributed by atoms with Gasteiger partial charge in [0.05, 0.1) is 13.2 Å². The molecule has 24 heavy (non-hydrogen) atoms. The van der Waals surface area contributed by atoms with Gasteiger partial charge in [0.25, 0.3) is 0 Å².